The minimum atomic E-state index is 0.173. The number of pyridine rings is 1. The van der Waals surface area contributed by atoms with Crippen molar-refractivity contribution in [1.82, 2.24) is 15.0 Å². The molecule has 3 aromatic heterocycles. The van der Waals surface area contributed by atoms with Crippen LogP contribution in [0.25, 0.3) is 21.5 Å². The SMILES string of the molecule is Cc1ccc2n[c-](C)c([C-](O)c3c[s+][c-](-c4cccnc4)n3)c2c1. The third-order valence-corrected chi connectivity index (χ3v) is 4.85. The van der Waals surface area contributed by atoms with E-state index in [-0.39, 0.29) is 6.10 Å². The maximum absolute atomic E-state index is 10.8. The Morgan fingerprint density at radius 2 is 2.08 bits per heavy atom. The summed E-state index contributed by atoms with van der Waals surface area (Å²) in [7, 11) is 0. The predicted molar refractivity (Wildman–Crippen MR) is 95.5 cm³/mol. The lowest BCUT2D eigenvalue weighted by molar-refractivity contribution is 0.353. The first-order valence-electron chi connectivity index (χ1n) is 7.59. The van der Waals surface area contributed by atoms with Gasteiger partial charge in [-0.1, -0.05) is 24.6 Å². The molecule has 24 heavy (non-hydrogen) atoms. The van der Waals surface area contributed by atoms with Crippen molar-refractivity contribution in [1.29, 1.82) is 0 Å². The molecule has 0 spiro atoms. The molecule has 0 radical (unpaired) electrons. The summed E-state index contributed by atoms with van der Waals surface area (Å²) in [6.07, 6.45) is 3.68. The molecule has 0 aliphatic rings. The number of benzene rings is 1. The monoisotopic (exact) mass is 333 g/mol. The Hall–Kier alpha value is -2.63. The van der Waals surface area contributed by atoms with Crippen molar-refractivity contribution in [3.63, 3.8) is 0 Å². The second-order valence-electron chi connectivity index (χ2n) is 5.72. The van der Waals surface area contributed by atoms with Crippen LogP contribution < -0.4 is 0 Å². The highest BCUT2D eigenvalue weighted by molar-refractivity contribution is 7.13. The number of nitrogens with zero attached hydrogens (tertiary/aromatic N) is 3. The van der Waals surface area contributed by atoms with E-state index in [1.54, 1.807) is 12.4 Å². The summed E-state index contributed by atoms with van der Waals surface area (Å²) < 4.78 is 0. The van der Waals surface area contributed by atoms with Gasteiger partial charge in [0.15, 0.2) is 11.3 Å². The highest BCUT2D eigenvalue weighted by Crippen LogP contribution is 2.34. The van der Waals surface area contributed by atoms with Crippen LogP contribution in [0.5, 0.6) is 0 Å². The molecule has 120 valence electrons. The van der Waals surface area contributed by atoms with Crippen molar-refractivity contribution >= 4 is 22.2 Å². The molecule has 0 unspecified atom stereocenters. The number of thiazole rings is 1. The molecule has 0 fully saturated rings. The topological polar surface area (TPSA) is 58.9 Å². The van der Waals surface area contributed by atoms with Crippen molar-refractivity contribution in [3.05, 3.63) is 76.7 Å². The highest BCUT2D eigenvalue weighted by atomic mass is 32.1. The first-order chi connectivity index (χ1) is 11.6. The molecule has 0 saturated heterocycles. The summed E-state index contributed by atoms with van der Waals surface area (Å²) in [6, 6.07) is 9.90. The lowest BCUT2D eigenvalue weighted by Gasteiger charge is -2.26. The molecule has 3 heterocycles. The summed E-state index contributed by atoms with van der Waals surface area (Å²) in [4.78, 5) is 13.2. The van der Waals surface area contributed by atoms with Gasteiger partial charge in [0.25, 0.3) is 0 Å². The minimum absolute atomic E-state index is 0.173. The van der Waals surface area contributed by atoms with E-state index in [4.69, 9.17) is 0 Å². The van der Waals surface area contributed by atoms with Crippen LogP contribution in [0.4, 0.5) is 0 Å². The second kappa shape index (κ2) is 5.78. The Kier molecular flexibility index (Phi) is 3.59. The van der Waals surface area contributed by atoms with Crippen LogP contribution in [0.1, 0.15) is 22.5 Å². The number of aryl methyl sites for hydroxylation is 2. The Labute approximate surface area is 143 Å². The van der Waals surface area contributed by atoms with Gasteiger partial charge >= 0.3 is 0 Å². The van der Waals surface area contributed by atoms with Crippen molar-refractivity contribution in [2.75, 3.05) is 0 Å². The van der Waals surface area contributed by atoms with E-state index in [2.05, 4.69) is 21.0 Å². The maximum atomic E-state index is 10.8. The van der Waals surface area contributed by atoms with Crippen molar-refractivity contribution in [3.8, 4) is 10.6 Å². The normalized spacial score (nSPS) is 11.1. The zero-order chi connectivity index (χ0) is 16.7. The first kappa shape index (κ1) is 14.9. The zero-order valence-electron chi connectivity index (χ0n) is 13.3. The summed E-state index contributed by atoms with van der Waals surface area (Å²) in [5.41, 5.74) is 5.11. The van der Waals surface area contributed by atoms with Gasteiger partial charge < -0.3 is 15.1 Å². The van der Waals surface area contributed by atoms with Crippen molar-refractivity contribution in [2.24, 2.45) is 0 Å². The lowest BCUT2D eigenvalue weighted by Crippen LogP contribution is -2.02. The van der Waals surface area contributed by atoms with Gasteiger partial charge in [-0.15, -0.1) is 23.9 Å². The number of hydrogen-bond donors (Lipinski definition) is 1. The average Bonchev–Trinajstić information content (AvgIpc) is 3.19. The molecule has 4 nitrogen and oxygen atoms in total. The van der Waals surface area contributed by atoms with E-state index < -0.39 is 0 Å². The Bertz CT molecular complexity index is 1000. The van der Waals surface area contributed by atoms with E-state index in [0.717, 1.165) is 38.3 Å². The molecule has 1 N–H and O–H groups in total. The van der Waals surface area contributed by atoms with Gasteiger partial charge in [-0.2, -0.15) is 11.6 Å². The molecule has 0 saturated carbocycles. The van der Waals surface area contributed by atoms with Gasteiger partial charge in [0.2, 0.25) is 5.01 Å². The molecular weight excluding hydrogens is 318 g/mol. The maximum Gasteiger partial charge on any atom is 0.249 e. The van der Waals surface area contributed by atoms with Crippen LogP contribution in [0.3, 0.4) is 0 Å². The fourth-order valence-electron chi connectivity index (χ4n) is 2.81. The third-order valence-electron chi connectivity index (χ3n) is 3.96. The lowest BCUT2D eigenvalue weighted by atomic mass is 10.0. The first-order valence-corrected chi connectivity index (χ1v) is 8.47. The molecule has 0 amide bonds. The Morgan fingerprint density at radius 3 is 2.88 bits per heavy atom. The summed E-state index contributed by atoms with van der Waals surface area (Å²) in [5.74, 6) is 0. The molecule has 4 rings (SSSR count). The fourth-order valence-corrected chi connectivity index (χ4v) is 3.61. The van der Waals surface area contributed by atoms with E-state index in [1.807, 2.05) is 43.5 Å². The zero-order valence-corrected chi connectivity index (χ0v) is 14.1. The van der Waals surface area contributed by atoms with Crippen LogP contribution in [-0.4, -0.2) is 20.1 Å². The molecule has 0 aliphatic carbocycles. The quantitative estimate of drug-likeness (QED) is 0.446. The molecule has 5 heteroatoms. The fraction of sp³-hybridized carbons (Fsp3) is 0.105. The Balaban J connectivity index is 1.77. The Morgan fingerprint density at radius 1 is 1.21 bits per heavy atom. The number of aliphatic hydroxyl groups is 1. The number of rotatable bonds is 3. The smallest absolute Gasteiger partial charge is 0.249 e. The largest absolute Gasteiger partial charge is 0.460 e. The summed E-state index contributed by atoms with van der Waals surface area (Å²) in [6.45, 7) is 3.95. The van der Waals surface area contributed by atoms with Crippen LogP contribution in [0.2, 0.25) is 0 Å². The van der Waals surface area contributed by atoms with E-state index >= 15 is 0 Å². The van der Waals surface area contributed by atoms with E-state index in [1.165, 1.54) is 11.3 Å². The van der Waals surface area contributed by atoms with Crippen molar-refractivity contribution in [2.45, 2.75) is 13.8 Å². The number of hydrogen-bond acceptors (Lipinski definition) is 4. The van der Waals surface area contributed by atoms with Gasteiger partial charge in [0.1, 0.15) is 5.38 Å². The summed E-state index contributed by atoms with van der Waals surface area (Å²) >= 11 is 1.49. The van der Waals surface area contributed by atoms with Gasteiger partial charge in [-0.05, 0) is 24.4 Å². The van der Waals surface area contributed by atoms with Crippen LogP contribution >= 0.6 is 11.3 Å². The van der Waals surface area contributed by atoms with E-state index in [9.17, 15) is 5.11 Å². The summed E-state index contributed by atoms with van der Waals surface area (Å²) in [5, 5.41) is 14.5. The molecule has 1 aromatic carbocycles. The van der Waals surface area contributed by atoms with Crippen LogP contribution in [-0.2, 0) is 0 Å². The highest BCUT2D eigenvalue weighted by Gasteiger charge is 2.11. The van der Waals surface area contributed by atoms with Gasteiger partial charge in [-0.3, -0.25) is 4.98 Å². The second-order valence-corrected chi connectivity index (χ2v) is 6.58. The van der Waals surface area contributed by atoms with Gasteiger partial charge in [0, 0.05) is 6.20 Å². The third kappa shape index (κ3) is 2.48. The van der Waals surface area contributed by atoms with Crippen molar-refractivity contribution < 1.29 is 5.11 Å². The minimum Gasteiger partial charge on any atom is -0.460 e. The van der Waals surface area contributed by atoms with Crippen LogP contribution in [0, 0.1) is 20.0 Å². The van der Waals surface area contributed by atoms with Crippen LogP contribution in [0.15, 0.2) is 48.1 Å². The molecular formula is C19H15N3OS-2. The molecule has 0 bridgehead atoms. The molecule has 0 aliphatic heterocycles. The molecule has 0 atom stereocenters. The van der Waals surface area contributed by atoms with Gasteiger partial charge in [-0.25, -0.2) is 10.9 Å². The standard InChI is InChI=1S/C19H15N3OS/c1-11-5-6-15-14(8-11)17(12(2)21-15)18(23)16-10-24-19(22-16)13-4-3-7-20-9-13/h3-10,23H,1-2H3/q-2. The average molecular weight is 333 g/mol. The predicted octanol–water partition coefficient (Wildman–Crippen LogP) is 4.39. The van der Waals surface area contributed by atoms with Gasteiger partial charge in [0.05, 0.1) is 0 Å². The number of aromatic nitrogens is 3. The van der Waals surface area contributed by atoms with E-state index in [0.29, 0.717) is 5.69 Å². The molecule has 4 aromatic rings. The number of aliphatic hydroxyl groups excluding tert-OH is 1. The number of fused-ring (bicyclic) bond motifs is 1.